The number of benzene rings is 1. The van der Waals surface area contributed by atoms with Crippen molar-refractivity contribution in [2.24, 2.45) is 10.9 Å². The van der Waals surface area contributed by atoms with E-state index in [0.717, 1.165) is 37.9 Å². The Morgan fingerprint density at radius 2 is 1.77 bits per heavy atom. The van der Waals surface area contributed by atoms with Gasteiger partial charge in [-0.3, -0.25) is 9.67 Å². The third-order valence-electron chi connectivity index (χ3n) is 5.91. The van der Waals surface area contributed by atoms with Crippen LogP contribution < -0.4 is 10.6 Å². The molecule has 0 spiro atoms. The van der Waals surface area contributed by atoms with Crippen LogP contribution in [0.1, 0.15) is 37.7 Å². The number of aromatic nitrogens is 2. The van der Waals surface area contributed by atoms with Gasteiger partial charge in [0.2, 0.25) is 0 Å². The lowest BCUT2D eigenvalue weighted by Crippen LogP contribution is -2.39. The van der Waals surface area contributed by atoms with Crippen molar-refractivity contribution >= 4 is 5.96 Å². The van der Waals surface area contributed by atoms with Gasteiger partial charge in [0, 0.05) is 39.1 Å². The second kappa shape index (κ2) is 13.1. The summed E-state index contributed by atoms with van der Waals surface area (Å²) in [5.74, 6) is 1.75. The molecule has 1 saturated heterocycles. The van der Waals surface area contributed by atoms with Crippen LogP contribution in [0.5, 0.6) is 0 Å². The zero-order valence-corrected chi connectivity index (χ0v) is 18.5. The van der Waals surface area contributed by atoms with Crippen molar-refractivity contribution in [2.45, 2.75) is 45.1 Å². The van der Waals surface area contributed by atoms with Crippen molar-refractivity contribution in [1.82, 2.24) is 25.3 Å². The smallest absolute Gasteiger partial charge is 0.190 e. The molecule has 0 aliphatic carbocycles. The molecule has 30 heavy (non-hydrogen) atoms. The molecule has 1 aliphatic rings. The van der Waals surface area contributed by atoms with E-state index in [1.807, 2.05) is 30.2 Å². The number of unbranched alkanes of at least 4 members (excludes halogenated alkanes) is 1. The lowest BCUT2D eigenvalue weighted by Gasteiger charge is -2.32. The third kappa shape index (κ3) is 8.19. The molecule has 3 rings (SSSR count). The summed E-state index contributed by atoms with van der Waals surface area (Å²) in [5, 5.41) is 11.0. The van der Waals surface area contributed by atoms with Crippen LogP contribution >= 0.6 is 0 Å². The molecule has 1 aromatic carbocycles. The Balaban J connectivity index is 1.19. The van der Waals surface area contributed by atoms with Crippen molar-refractivity contribution < 1.29 is 0 Å². The number of nitrogens with one attached hydrogen (secondary N) is 2. The number of guanidine groups is 1. The first-order chi connectivity index (χ1) is 14.8. The van der Waals surface area contributed by atoms with Gasteiger partial charge in [-0.1, -0.05) is 30.3 Å². The molecule has 2 aromatic rings. The zero-order chi connectivity index (χ0) is 20.9. The van der Waals surface area contributed by atoms with Crippen LogP contribution in [0.15, 0.2) is 53.8 Å². The topological polar surface area (TPSA) is 57.5 Å². The predicted molar refractivity (Wildman–Crippen MR) is 125 cm³/mol. The Bertz CT molecular complexity index is 705. The minimum Gasteiger partial charge on any atom is -0.356 e. The van der Waals surface area contributed by atoms with Gasteiger partial charge in [0.1, 0.15) is 0 Å². The Hall–Kier alpha value is -2.34. The number of piperidine rings is 1. The molecule has 1 aliphatic heterocycles. The summed E-state index contributed by atoms with van der Waals surface area (Å²) >= 11 is 0. The fourth-order valence-electron chi connectivity index (χ4n) is 4.13. The van der Waals surface area contributed by atoms with Crippen molar-refractivity contribution in [1.29, 1.82) is 0 Å². The van der Waals surface area contributed by atoms with Crippen molar-refractivity contribution in [3.05, 3.63) is 54.4 Å². The molecule has 0 bridgehead atoms. The molecule has 0 atom stereocenters. The van der Waals surface area contributed by atoms with E-state index in [4.69, 9.17) is 0 Å². The molecule has 6 heteroatoms. The minimum atomic E-state index is 0.855. The van der Waals surface area contributed by atoms with Gasteiger partial charge in [-0.05, 0) is 75.7 Å². The van der Waals surface area contributed by atoms with E-state index in [-0.39, 0.29) is 0 Å². The summed E-state index contributed by atoms with van der Waals surface area (Å²) in [6, 6.07) is 12.9. The number of aliphatic imine (C=N–C) groups is 1. The van der Waals surface area contributed by atoms with Crippen LogP contribution in [0, 0.1) is 5.92 Å². The summed E-state index contributed by atoms with van der Waals surface area (Å²) < 4.78 is 1.96. The van der Waals surface area contributed by atoms with Gasteiger partial charge < -0.3 is 15.5 Å². The minimum absolute atomic E-state index is 0.855. The normalized spacial score (nSPS) is 16.0. The van der Waals surface area contributed by atoms with Crippen LogP contribution in [0.25, 0.3) is 0 Å². The molecule has 6 nitrogen and oxygen atoms in total. The maximum Gasteiger partial charge on any atom is 0.190 e. The fraction of sp³-hybridized carbons (Fsp3) is 0.583. The highest BCUT2D eigenvalue weighted by Crippen LogP contribution is 2.21. The summed E-state index contributed by atoms with van der Waals surface area (Å²) in [7, 11) is 1.84. The fourth-order valence-corrected chi connectivity index (χ4v) is 4.13. The summed E-state index contributed by atoms with van der Waals surface area (Å²) in [6.07, 6.45) is 11.2. The van der Waals surface area contributed by atoms with Gasteiger partial charge in [-0.2, -0.15) is 5.10 Å². The van der Waals surface area contributed by atoms with Crippen molar-refractivity contribution in [3.8, 4) is 0 Å². The number of nitrogens with zero attached hydrogens (tertiary/aromatic N) is 4. The average molecular weight is 411 g/mol. The lowest BCUT2D eigenvalue weighted by atomic mass is 9.90. The van der Waals surface area contributed by atoms with Gasteiger partial charge in [-0.25, -0.2) is 0 Å². The zero-order valence-electron chi connectivity index (χ0n) is 18.5. The second-order valence-electron chi connectivity index (χ2n) is 8.23. The molecular formula is C24H38N6. The van der Waals surface area contributed by atoms with Crippen LogP contribution in [-0.2, 0) is 13.0 Å². The molecule has 164 valence electrons. The Morgan fingerprint density at radius 1 is 1.00 bits per heavy atom. The Labute approximate surface area is 181 Å². The first-order valence-corrected chi connectivity index (χ1v) is 11.5. The molecule has 1 fully saturated rings. The summed E-state index contributed by atoms with van der Waals surface area (Å²) in [5.41, 5.74) is 1.49. The summed E-state index contributed by atoms with van der Waals surface area (Å²) in [6.45, 7) is 6.53. The quantitative estimate of drug-likeness (QED) is 0.339. The Morgan fingerprint density at radius 3 is 2.47 bits per heavy atom. The number of hydrogen-bond donors (Lipinski definition) is 2. The van der Waals surface area contributed by atoms with E-state index in [2.05, 4.69) is 56.0 Å². The molecule has 0 unspecified atom stereocenters. The molecule has 0 saturated carbocycles. The van der Waals surface area contributed by atoms with E-state index in [0.29, 0.717) is 0 Å². The van der Waals surface area contributed by atoms with E-state index >= 15 is 0 Å². The second-order valence-corrected chi connectivity index (χ2v) is 8.23. The van der Waals surface area contributed by atoms with Gasteiger partial charge in [0.05, 0.1) is 0 Å². The molecule has 2 N–H and O–H groups in total. The first-order valence-electron chi connectivity index (χ1n) is 11.5. The number of hydrogen-bond acceptors (Lipinski definition) is 3. The molecular weight excluding hydrogens is 372 g/mol. The third-order valence-corrected chi connectivity index (χ3v) is 5.91. The highest BCUT2D eigenvalue weighted by molar-refractivity contribution is 5.79. The monoisotopic (exact) mass is 410 g/mol. The SMILES string of the molecule is CN=C(NCCCCN1CCC(Cc2ccccc2)CC1)NCCCn1cccn1. The number of likely N-dealkylation sites (tertiary alicyclic amines) is 1. The van der Waals surface area contributed by atoms with Crippen molar-refractivity contribution in [3.63, 3.8) is 0 Å². The molecule has 1 aromatic heterocycles. The highest BCUT2D eigenvalue weighted by Gasteiger charge is 2.18. The van der Waals surface area contributed by atoms with Crippen LogP contribution in [0.3, 0.4) is 0 Å². The number of rotatable bonds is 11. The largest absolute Gasteiger partial charge is 0.356 e. The van der Waals surface area contributed by atoms with Crippen LogP contribution in [0.2, 0.25) is 0 Å². The number of aryl methyl sites for hydroxylation is 1. The average Bonchev–Trinajstić information content (AvgIpc) is 3.30. The molecule has 0 radical (unpaired) electrons. The van der Waals surface area contributed by atoms with Crippen molar-refractivity contribution in [2.75, 3.05) is 39.8 Å². The van der Waals surface area contributed by atoms with Crippen LogP contribution in [0.4, 0.5) is 0 Å². The maximum absolute atomic E-state index is 4.31. The van der Waals surface area contributed by atoms with Gasteiger partial charge in [0.15, 0.2) is 5.96 Å². The van der Waals surface area contributed by atoms with E-state index in [1.54, 1.807) is 0 Å². The Kier molecular flexibility index (Phi) is 9.73. The molecule has 0 amide bonds. The van der Waals surface area contributed by atoms with E-state index in [1.165, 1.54) is 57.3 Å². The van der Waals surface area contributed by atoms with Gasteiger partial charge in [-0.15, -0.1) is 0 Å². The predicted octanol–water partition coefficient (Wildman–Crippen LogP) is 3.17. The van der Waals surface area contributed by atoms with Crippen LogP contribution in [-0.4, -0.2) is 60.4 Å². The first kappa shape index (κ1) is 22.3. The van der Waals surface area contributed by atoms with Gasteiger partial charge in [0.25, 0.3) is 0 Å². The summed E-state index contributed by atoms with van der Waals surface area (Å²) in [4.78, 5) is 6.96. The maximum atomic E-state index is 4.31. The standard InChI is InChI=1S/C24H38N6/c1-25-24(27-14-7-17-30-18-8-15-28-30)26-13-5-6-16-29-19-11-23(12-20-29)21-22-9-3-2-4-10-22/h2-4,8-10,15,18,23H,5-7,11-14,16-17,19-21H2,1H3,(H2,25,26,27). The van der Waals surface area contributed by atoms with E-state index < -0.39 is 0 Å². The molecule has 2 heterocycles. The lowest BCUT2D eigenvalue weighted by molar-refractivity contribution is 0.181. The van der Waals surface area contributed by atoms with E-state index in [9.17, 15) is 0 Å². The van der Waals surface area contributed by atoms with Gasteiger partial charge >= 0.3 is 0 Å². The highest BCUT2D eigenvalue weighted by atomic mass is 15.3.